The fourth-order valence-corrected chi connectivity index (χ4v) is 10.2. The summed E-state index contributed by atoms with van der Waals surface area (Å²) in [6.07, 6.45) is 0. The van der Waals surface area contributed by atoms with Crippen LogP contribution in [0.4, 0.5) is 0 Å². The van der Waals surface area contributed by atoms with Crippen molar-refractivity contribution in [1.29, 1.82) is 0 Å². The maximum atomic E-state index is 5.11. The lowest BCUT2D eigenvalue weighted by molar-refractivity contribution is 0.769. The second-order valence-electron chi connectivity index (χ2n) is 17.3. The highest BCUT2D eigenvalue weighted by molar-refractivity contribution is 5.87. The third-order valence-corrected chi connectivity index (χ3v) is 13.4. The largest absolute Gasteiger partial charge is 0.228 e. The molecule has 0 atom stereocenters. The minimum atomic E-state index is -0.445. The predicted octanol–water partition coefficient (Wildman–Crippen LogP) is 16.5. The highest BCUT2D eigenvalue weighted by atomic mass is 14.9. The molecule has 1 heterocycles. The lowest BCUT2D eigenvalue weighted by atomic mass is 9.67. The van der Waals surface area contributed by atoms with E-state index in [1.807, 2.05) is 12.1 Å². The Balaban J connectivity index is 0.875. The van der Waals surface area contributed by atoms with Crippen LogP contribution in [-0.2, 0) is 5.41 Å². The molecule has 10 aromatic carbocycles. The first-order valence-corrected chi connectivity index (χ1v) is 23.0. The van der Waals surface area contributed by atoms with E-state index in [4.69, 9.17) is 9.97 Å². The summed E-state index contributed by atoms with van der Waals surface area (Å²) in [6, 6.07) is 96.2. The standard InChI is InChI=1S/C65H44N2/c1-4-19-45(20-5-1)62-44-63(46-21-6-2-7-22-46)67-64(66-62)55-31-17-29-53(42-55)51-27-15-25-49(40-51)47-23-14-24-48(39-47)50-26-16-28-52(41-50)54-30-18-34-57(43-54)65(56-32-8-3-9-33-56)60-37-12-10-35-58(60)59-36-11-13-38-61(59)65/h1-44H. The molecule has 0 bridgehead atoms. The van der Waals surface area contributed by atoms with Gasteiger partial charge in [0, 0.05) is 16.7 Å². The predicted molar refractivity (Wildman–Crippen MR) is 277 cm³/mol. The van der Waals surface area contributed by atoms with Gasteiger partial charge in [0.25, 0.3) is 0 Å². The second kappa shape index (κ2) is 17.0. The van der Waals surface area contributed by atoms with Crippen molar-refractivity contribution in [3.05, 3.63) is 289 Å². The van der Waals surface area contributed by atoms with Crippen molar-refractivity contribution < 1.29 is 0 Å². The Hall–Kier alpha value is -8.72. The van der Waals surface area contributed by atoms with Crippen LogP contribution in [0.2, 0.25) is 0 Å². The summed E-state index contributed by atoms with van der Waals surface area (Å²) in [5.74, 6) is 0.699. The summed E-state index contributed by atoms with van der Waals surface area (Å²) in [6.45, 7) is 0. The fourth-order valence-electron chi connectivity index (χ4n) is 10.2. The van der Waals surface area contributed by atoms with Crippen molar-refractivity contribution in [1.82, 2.24) is 9.97 Å². The van der Waals surface area contributed by atoms with Gasteiger partial charge in [-0.25, -0.2) is 9.97 Å². The van der Waals surface area contributed by atoms with Gasteiger partial charge in [-0.15, -0.1) is 0 Å². The van der Waals surface area contributed by atoms with E-state index in [1.54, 1.807) is 0 Å². The monoisotopic (exact) mass is 852 g/mol. The van der Waals surface area contributed by atoms with Crippen LogP contribution in [0.3, 0.4) is 0 Å². The lowest BCUT2D eigenvalue weighted by Gasteiger charge is -2.34. The number of benzene rings is 10. The molecule has 314 valence electrons. The molecule has 1 aliphatic rings. The first-order valence-electron chi connectivity index (χ1n) is 23.0. The smallest absolute Gasteiger partial charge is 0.160 e. The summed E-state index contributed by atoms with van der Waals surface area (Å²) in [7, 11) is 0. The van der Waals surface area contributed by atoms with Gasteiger partial charge in [-0.1, -0.05) is 231 Å². The average molecular weight is 853 g/mol. The molecule has 0 amide bonds. The van der Waals surface area contributed by atoms with Crippen LogP contribution in [0.15, 0.2) is 267 Å². The maximum absolute atomic E-state index is 5.11. The van der Waals surface area contributed by atoms with E-state index in [-0.39, 0.29) is 0 Å². The zero-order valence-corrected chi connectivity index (χ0v) is 36.8. The minimum Gasteiger partial charge on any atom is -0.228 e. The molecule has 67 heavy (non-hydrogen) atoms. The third kappa shape index (κ3) is 7.26. The van der Waals surface area contributed by atoms with Gasteiger partial charge in [0.1, 0.15) is 0 Å². The van der Waals surface area contributed by atoms with E-state index in [0.717, 1.165) is 50.3 Å². The highest BCUT2D eigenvalue weighted by Gasteiger charge is 2.45. The van der Waals surface area contributed by atoms with E-state index in [9.17, 15) is 0 Å². The minimum absolute atomic E-state index is 0.445. The van der Waals surface area contributed by atoms with Crippen molar-refractivity contribution in [2.24, 2.45) is 0 Å². The summed E-state index contributed by atoms with van der Waals surface area (Å²) < 4.78 is 0. The number of hydrogen-bond donors (Lipinski definition) is 0. The van der Waals surface area contributed by atoms with Crippen LogP contribution < -0.4 is 0 Å². The Bertz CT molecular complexity index is 3470. The topological polar surface area (TPSA) is 25.8 Å². The number of hydrogen-bond acceptors (Lipinski definition) is 2. The van der Waals surface area contributed by atoms with E-state index in [0.29, 0.717) is 5.82 Å². The van der Waals surface area contributed by atoms with Crippen LogP contribution in [-0.4, -0.2) is 9.97 Å². The van der Waals surface area contributed by atoms with Crippen molar-refractivity contribution in [3.8, 4) is 89.5 Å². The molecule has 0 unspecified atom stereocenters. The molecule has 2 heteroatoms. The lowest BCUT2D eigenvalue weighted by Crippen LogP contribution is -2.28. The van der Waals surface area contributed by atoms with Gasteiger partial charge in [-0.3, -0.25) is 0 Å². The number of rotatable bonds is 9. The second-order valence-corrected chi connectivity index (χ2v) is 17.3. The molecule has 1 aromatic heterocycles. The van der Waals surface area contributed by atoms with Crippen LogP contribution in [0.1, 0.15) is 22.3 Å². The average Bonchev–Trinajstić information content (AvgIpc) is 3.73. The summed E-state index contributed by atoms with van der Waals surface area (Å²) in [5, 5.41) is 0. The van der Waals surface area contributed by atoms with Gasteiger partial charge in [-0.05, 0) is 114 Å². The fraction of sp³-hybridized carbons (Fsp3) is 0.0154. The molecule has 0 fully saturated rings. The number of nitrogens with zero attached hydrogens (tertiary/aromatic N) is 2. The van der Waals surface area contributed by atoms with Crippen LogP contribution in [0, 0.1) is 0 Å². The summed E-state index contributed by atoms with van der Waals surface area (Å²) in [4.78, 5) is 10.2. The van der Waals surface area contributed by atoms with Crippen LogP contribution >= 0.6 is 0 Å². The van der Waals surface area contributed by atoms with Gasteiger partial charge < -0.3 is 0 Å². The first-order chi connectivity index (χ1) is 33.2. The van der Waals surface area contributed by atoms with Gasteiger partial charge >= 0.3 is 0 Å². The van der Waals surface area contributed by atoms with Gasteiger partial charge in [0.2, 0.25) is 0 Å². The molecule has 0 radical (unpaired) electrons. The molecular formula is C65H44N2. The van der Waals surface area contributed by atoms with Crippen LogP contribution in [0.25, 0.3) is 89.5 Å². The highest BCUT2D eigenvalue weighted by Crippen LogP contribution is 2.56. The summed E-state index contributed by atoms with van der Waals surface area (Å²) >= 11 is 0. The van der Waals surface area contributed by atoms with Gasteiger partial charge in [0.05, 0.1) is 16.8 Å². The molecular weight excluding hydrogens is 809 g/mol. The Morgan fingerprint density at radius 2 is 0.537 bits per heavy atom. The Morgan fingerprint density at radius 1 is 0.224 bits per heavy atom. The van der Waals surface area contributed by atoms with Crippen molar-refractivity contribution in [2.45, 2.75) is 5.41 Å². The third-order valence-electron chi connectivity index (χ3n) is 13.4. The van der Waals surface area contributed by atoms with Crippen molar-refractivity contribution >= 4 is 0 Å². The Kier molecular flexibility index (Phi) is 10.1. The molecule has 0 spiro atoms. The molecule has 0 N–H and O–H groups in total. The van der Waals surface area contributed by atoms with E-state index >= 15 is 0 Å². The SMILES string of the molecule is c1ccc(-c2cc(-c3ccccc3)nc(-c3cccc(-c4cccc(-c5cccc(-c6cccc(-c7cccc(C8(c9ccccc9)c9ccccc9-c9ccccc98)c7)c6)c5)c4)c3)n2)cc1. The summed E-state index contributed by atoms with van der Waals surface area (Å²) in [5.41, 5.74) is 21.5. The molecule has 12 rings (SSSR count). The molecule has 0 saturated heterocycles. The molecule has 2 nitrogen and oxygen atoms in total. The van der Waals surface area contributed by atoms with E-state index in [1.165, 1.54) is 55.6 Å². The van der Waals surface area contributed by atoms with Crippen molar-refractivity contribution in [3.63, 3.8) is 0 Å². The maximum Gasteiger partial charge on any atom is 0.160 e. The number of fused-ring (bicyclic) bond motifs is 3. The molecule has 11 aromatic rings. The Morgan fingerprint density at radius 3 is 0.985 bits per heavy atom. The van der Waals surface area contributed by atoms with Gasteiger partial charge in [0.15, 0.2) is 5.82 Å². The van der Waals surface area contributed by atoms with Crippen LogP contribution in [0.5, 0.6) is 0 Å². The van der Waals surface area contributed by atoms with Crippen molar-refractivity contribution in [2.75, 3.05) is 0 Å². The molecule has 0 saturated carbocycles. The van der Waals surface area contributed by atoms with E-state index < -0.39 is 5.41 Å². The van der Waals surface area contributed by atoms with Gasteiger partial charge in [-0.2, -0.15) is 0 Å². The first kappa shape index (κ1) is 39.8. The zero-order valence-electron chi connectivity index (χ0n) is 36.8. The molecule has 1 aliphatic carbocycles. The van der Waals surface area contributed by atoms with E-state index in [2.05, 4.69) is 255 Å². The molecule has 0 aliphatic heterocycles. The normalized spacial score (nSPS) is 12.3. The zero-order chi connectivity index (χ0) is 44.6. The number of aromatic nitrogens is 2. The quantitative estimate of drug-likeness (QED) is 0.145. The Labute approximate surface area is 392 Å².